The van der Waals surface area contributed by atoms with Crippen molar-refractivity contribution in [1.29, 1.82) is 0 Å². The summed E-state index contributed by atoms with van der Waals surface area (Å²) in [6.45, 7) is 5.40. The van der Waals surface area contributed by atoms with Gasteiger partial charge in [-0.3, -0.25) is 4.79 Å². The molecule has 0 fully saturated rings. The standard InChI is InChI=1S/C19H19ClN4O2/c1-11(2)24-7-5-13-9-12(3-4-14(13)18(24)25)10-21-17-16-15(6-8-26-16)22-19(20)23-17/h3-4,6,8-9,11H,5,7,10H2,1-2H3,(H,21,22,23). The largest absolute Gasteiger partial charge is 0.459 e. The summed E-state index contributed by atoms with van der Waals surface area (Å²) >= 11 is 5.97. The second kappa shape index (κ2) is 6.61. The fourth-order valence-electron chi connectivity index (χ4n) is 3.30. The fourth-order valence-corrected chi connectivity index (χ4v) is 3.48. The van der Waals surface area contributed by atoms with Crippen molar-refractivity contribution < 1.29 is 9.21 Å². The first kappa shape index (κ1) is 16.8. The molecule has 7 heteroatoms. The Balaban J connectivity index is 1.55. The van der Waals surface area contributed by atoms with Gasteiger partial charge in [-0.05, 0) is 49.1 Å². The molecule has 3 heterocycles. The lowest BCUT2D eigenvalue weighted by Gasteiger charge is -2.32. The number of rotatable bonds is 4. The number of hydrogen-bond acceptors (Lipinski definition) is 5. The minimum Gasteiger partial charge on any atom is -0.459 e. The molecule has 0 unspecified atom stereocenters. The van der Waals surface area contributed by atoms with Crippen LogP contribution in [0, 0.1) is 0 Å². The third kappa shape index (κ3) is 3.01. The van der Waals surface area contributed by atoms with Crippen LogP contribution in [-0.2, 0) is 13.0 Å². The molecule has 0 bridgehead atoms. The molecule has 1 aliphatic rings. The fraction of sp³-hybridized carbons (Fsp3) is 0.316. The van der Waals surface area contributed by atoms with E-state index in [2.05, 4.69) is 21.4 Å². The summed E-state index contributed by atoms with van der Waals surface area (Å²) in [6, 6.07) is 7.93. The zero-order valence-electron chi connectivity index (χ0n) is 14.6. The number of aromatic nitrogens is 2. The van der Waals surface area contributed by atoms with Crippen molar-refractivity contribution in [2.45, 2.75) is 32.9 Å². The number of halogens is 1. The molecule has 0 saturated carbocycles. The second-order valence-electron chi connectivity index (χ2n) is 6.66. The summed E-state index contributed by atoms with van der Waals surface area (Å²) in [5, 5.41) is 3.42. The van der Waals surface area contributed by atoms with Crippen molar-refractivity contribution in [3.8, 4) is 0 Å². The summed E-state index contributed by atoms with van der Waals surface area (Å²) in [4.78, 5) is 22.8. The highest BCUT2D eigenvalue weighted by Gasteiger charge is 2.26. The predicted molar refractivity (Wildman–Crippen MR) is 100 cm³/mol. The zero-order valence-corrected chi connectivity index (χ0v) is 15.4. The average molecular weight is 371 g/mol. The number of carbonyl (C=O) groups excluding carboxylic acids is 1. The van der Waals surface area contributed by atoms with Crippen LogP contribution in [0.1, 0.15) is 35.3 Å². The molecule has 26 heavy (non-hydrogen) atoms. The molecule has 3 aromatic rings. The van der Waals surface area contributed by atoms with Crippen LogP contribution in [-0.4, -0.2) is 33.4 Å². The molecule has 0 atom stereocenters. The lowest BCUT2D eigenvalue weighted by Crippen LogP contribution is -2.42. The molecule has 1 aromatic carbocycles. The number of nitrogens with one attached hydrogen (secondary N) is 1. The Labute approximate surface area is 156 Å². The van der Waals surface area contributed by atoms with Crippen LogP contribution in [0.15, 0.2) is 34.9 Å². The van der Waals surface area contributed by atoms with Crippen molar-refractivity contribution in [3.05, 3.63) is 52.5 Å². The Morgan fingerprint density at radius 1 is 1.31 bits per heavy atom. The van der Waals surface area contributed by atoms with Crippen molar-refractivity contribution in [1.82, 2.24) is 14.9 Å². The summed E-state index contributed by atoms with van der Waals surface area (Å²) in [7, 11) is 0. The van der Waals surface area contributed by atoms with E-state index < -0.39 is 0 Å². The van der Waals surface area contributed by atoms with Crippen molar-refractivity contribution in [3.63, 3.8) is 0 Å². The summed E-state index contributed by atoms with van der Waals surface area (Å²) in [6.07, 6.45) is 2.43. The van der Waals surface area contributed by atoms with Gasteiger partial charge in [-0.2, -0.15) is 4.98 Å². The third-order valence-corrected chi connectivity index (χ3v) is 4.81. The molecule has 2 aromatic heterocycles. The van der Waals surface area contributed by atoms with Crippen LogP contribution in [0.3, 0.4) is 0 Å². The molecule has 0 aliphatic carbocycles. The maximum absolute atomic E-state index is 12.6. The number of hydrogen-bond donors (Lipinski definition) is 1. The Morgan fingerprint density at radius 2 is 2.15 bits per heavy atom. The Morgan fingerprint density at radius 3 is 2.96 bits per heavy atom. The molecule has 0 saturated heterocycles. The van der Waals surface area contributed by atoms with Gasteiger partial charge < -0.3 is 14.6 Å². The molecule has 0 spiro atoms. The normalized spacial score (nSPS) is 14.2. The number of benzene rings is 1. The predicted octanol–water partition coefficient (Wildman–Crippen LogP) is 3.90. The van der Waals surface area contributed by atoms with Crippen LogP contribution >= 0.6 is 11.6 Å². The van der Waals surface area contributed by atoms with E-state index in [0.29, 0.717) is 23.5 Å². The molecule has 1 N–H and O–H groups in total. The molecule has 4 rings (SSSR count). The van der Waals surface area contributed by atoms with Crippen LogP contribution in [0.5, 0.6) is 0 Å². The quantitative estimate of drug-likeness (QED) is 0.705. The van der Waals surface area contributed by atoms with Crippen LogP contribution in [0.4, 0.5) is 5.82 Å². The minimum absolute atomic E-state index is 0.112. The lowest BCUT2D eigenvalue weighted by atomic mass is 9.96. The molecular formula is C19H19ClN4O2. The van der Waals surface area contributed by atoms with Gasteiger partial charge in [0.05, 0.1) is 6.26 Å². The molecule has 1 amide bonds. The first-order chi connectivity index (χ1) is 12.5. The maximum Gasteiger partial charge on any atom is 0.254 e. The Kier molecular flexibility index (Phi) is 4.28. The monoisotopic (exact) mass is 370 g/mol. The van der Waals surface area contributed by atoms with Gasteiger partial charge in [0.2, 0.25) is 5.28 Å². The van der Waals surface area contributed by atoms with E-state index in [1.807, 2.05) is 30.9 Å². The maximum atomic E-state index is 12.6. The molecule has 6 nitrogen and oxygen atoms in total. The van der Waals surface area contributed by atoms with Crippen LogP contribution < -0.4 is 5.32 Å². The third-order valence-electron chi connectivity index (χ3n) is 4.64. The molecule has 1 aliphatic heterocycles. The van der Waals surface area contributed by atoms with E-state index in [-0.39, 0.29) is 17.2 Å². The molecular weight excluding hydrogens is 352 g/mol. The summed E-state index contributed by atoms with van der Waals surface area (Å²) < 4.78 is 5.43. The Hall–Kier alpha value is -2.60. The van der Waals surface area contributed by atoms with Crippen molar-refractivity contribution in [2.24, 2.45) is 0 Å². The van der Waals surface area contributed by atoms with Gasteiger partial charge in [-0.15, -0.1) is 0 Å². The number of amides is 1. The first-order valence-corrected chi connectivity index (χ1v) is 8.98. The summed E-state index contributed by atoms with van der Waals surface area (Å²) in [5.41, 5.74) is 4.21. The van der Waals surface area contributed by atoms with Gasteiger partial charge in [-0.1, -0.05) is 12.1 Å². The number of fused-ring (bicyclic) bond motifs is 2. The Bertz CT molecular complexity index is 983. The molecule has 0 radical (unpaired) electrons. The van der Waals surface area contributed by atoms with Gasteiger partial charge in [0.1, 0.15) is 5.52 Å². The van der Waals surface area contributed by atoms with Gasteiger partial charge in [0.15, 0.2) is 11.4 Å². The SMILES string of the molecule is CC(C)N1CCc2cc(CNc3nc(Cl)nc4ccoc34)ccc2C1=O. The van der Waals surface area contributed by atoms with E-state index in [1.165, 1.54) is 0 Å². The van der Waals surface area contributed by atoms with Crippen molar-refractivity contribution >= 4 is 34.4 Å². The molecule has 134 valence electrons. The highest BCUT2D eigenvalue weighted by atomic mass is 35.5. The van der Waals surface area contributed by atoms with Gasteiger partial charge in [-0.25, -0.2) is 4.98 Å². The lowest BCUT2D eigenvalue weighted by molar-refractivity contribution is 0.0688. The van der Waals surface area contributed by atoms with E-state index in [9.17, 15) is 4.79 Å². The average Bonchev–Trinajstić information content (AvgIpc) is 3.08. The highest BCUT2D eigenvalue weighted by Crippen LogP contribution is 2.25. The first-order valence-electron chi connectivity index (χ1n) is 8.60. The van der Waals surface area contributed by atoms with E-state index in [1.54, 1.807) is 12.3 Å². The summed E-state index contributed by atoms with van der Waals surface area (Å²) in [5.74, 6) is 0.672. The number of carbonyl (C=O) groups is 1. The van der Waals surface area contributed by atoms with Crippen LogP contribution in [0.2, 0.25) is 5.28 Å². The van der Waals surface area contributed by atoms with Crippen molar-refractivity contribution in [2.75, 3.05) is 11.9 Å². The van der Waals surface area contributed by atoms with E-state index in [0.717, 1.165) is 29.7 Å². The zero-order chi connectivity index (χ0) is 18.3. The number of nitrogens with zero attached hydrogens (tertiary/aromatic N) is 3. The van der Waals surface area contributed by atoms with E-state index in [4.69, 9.17) is 16.0 Å². The smallest absolute Gasteiger partial charge is 0.254 e. The number of furan rings is 1. The topological polar surface area (TPSA) is 71.3 Å². The van der Waals surface area contributed by atoms with E-state index >= 15 is 0 Å². The second-order valence-corrected chi connectivity index (χ2v) is 7.00. The van der Waals surface area contributed by atoms with Crippen LogP contribution in [0.25, 0.3) is 11.1 Å². The number of anilines is 1. The van der Waals surface area contributed by atoms with Gasteiger partial charge >= 0.3 is 0 Å². The van der Waals surface area contributed by atoms with Gasteiger partial charge in [0, 0.05) is 30.8 Å². The van der Waals surface area contributed by atoms with Gasteiger partial charge in [0.25, 0.3) is 5.91 Å². The minimum atomic E-state index is 0.112. The highest BCUT2D eigenvalue weighted by molar-refractivity contribution is 6.28.